The summed E-state index contributed by atoms with van der Waals surface area (Å²) in [5.41, 5.74) is 3.87. The number of anilines is 1. The smallest absolute Gasteiger partial charge is 0.133 e. The van der Waals surface area contributed by atoms with E-state index in [1.54, 1.807) is 0 Å². The number of rotatable bonds is 5. The monoisotopic (exact) mass is 361 g/mol. The lowest BCUT2D eigenvalue weighted by molar-refractivity contribution is 0.122. The number of hydrogen-bond acceptors (Lipinski definition) is 5. The van der Waals surface area contributed by atoms with Crippen LogP contribution in [0.5, 0.6) is 5.75 Å². The summed E-state index contributed by atoms with van der Waals surface area (Å²) >= 11 is 0. The predicted molar refractivity (Wildman–Crippen MR) is 101 cm³/mol. The van der Waals surface area contributed by atoms with Crippen molar-refractivity contribution in [1.82, 2.24) is 10.3 Å². The van der Waals surface area contributed by atoms with E-state index in [4.69, 9.17) is 9.47 Å². The van der Waals surface area contributed by atoms with E-state index in [9.17, 15) is 0 Å². The Labute approximate surface area is 154 Å². The van der Waals surface area contributed by atoms with Crippen LogP contribution in [0, 0.1) is 0 Å². The Bertz CT molecular complexity index is 705. The molecule has 1 saturated heterocycles. The van der Waals surface area contributed by atoms with Gasteiger partial charge in [0, 0.05) is 44.4 Å². The molecule has 25 heavy (non-hydrogen) atoms. The normalized spacial score (nSPS) is 16.1. The molecule has 1 N–H and O–H groups in total. The predicted octanol–water partition coefficient (Wildman–Crippen LogP) is 2.56. The first-order valence-corrected chi connectivity index (χ1v) is 8.62. The number of hydrogen-bond donors (Lipinski definition) is 1. The van der Waals surface area contributed by atoms with Gasteiger partial charge in [0.2, 0.25) is 0 Å². The van der Waals surface area contributed by atoms with Crippen molar-refractivity contribution in [2.24, 2.45) is 0 Å². The van der Waals surface area contributed by atoms with Gasteiger partial charge in [0.1, 0.15) is 11.6 Å². The molecule has 1 aromatic carbocycles. The molecule has 3 heterocycles. The molecule has 0 aliphatic carbocycles. The van der Waals surface area contributed by atoms with Crippen molar-refractivity contribution >= 4 is 18.2 Å². The fraction of sp³-hybridized carbons (Fsp3) is 0.421. The van der Waals surface area contributed by atoms with Crippen molar-refractivity contribution in [1.29, 1.82) is 0 Å². The fourth-order valence-corrected chi connectivity index (χ4v) is 3.32. The van der Waals surface area contributed by atoms with Crippen molar-refractivity contribution in [3.63, 3.8) is 0 Å². The van der Waals surface area contributed by atoms with Crippen molar-refractivity contribution in [2.75, 3.05) is 37.8 Å². The standard InChI is InChI=1S/C19H23N3O2.ClH/c1-2-17(19(21-6-1)22-7-10-23-11-8-22)14-20-13-15-3-4-18-16(12-15)5-9-24-18;/h1-4,6,12,20H,5,7-11,13-14H2;1H. The molecule has 1 fully saturated rings. The molecular weight excluding hydrogens is 338 g/mol. The van der Waals surface area contributed by atoms with Crippen LogP contribution in [0.4, 0.5) is 5.82 Å². The van der Waals surface area contributed by atoms with Gasteiger partial charge in [-0.2, -0.15) is 0 Å². The largest absolute Gasteiger partial charge is 0.493 e. The summed E-state index contributed by atoms with van der Waals surface area (Å²) in [6, 6.07) is 10.6. The van der Waals surface area contributed by atoms with Crippen LogP contribution in [0.1, 0.15) is 16.7 Å². The van der Waals surface area contributed by atoms with E-state index in [1.807, 2.05) is 12.3 Å². The maximum atomic E-state index is 5.57. The highest BCUT2D eigenvalue weighted by atomic mass is 35.5. The van der Waals surface area contributed by atoms with Crippen LogP contribution in [-0.2, 0) is 24.2 Å². The summed E-state index contributed by atoms with van der Waals surface area (Å²) in [6.45, 7) is 5.86. The Kier molecular flexibility index (Phi) is 6.13. The molecule has 0 unspecified atom stereocenters. The van der Waals surface area contributed by atoms with Gasteiger partial charge in [-0.25, -0.2) is 4.98 Å². The quantitative estimate of drug-likeness (QED) is 0.886. The maximum absolute atomic E-state index is 5.57. The molecule has 0 bridgehead atoms. The van der Waals surface area contributed by atoms with E-state index in [0.717, 1.165) is 64.0 Å². The SMILES string of the molecule is Cl.c1cnc(N2CCOCC2)c(CNCc2ccc3c(c2)CCO3)c1. The Hall–Kier alpha value is -1.82. The van der Waals surface area contributed by atoms with Gasteiger partial charge < -0.3 is 19.7 Å². The van der Waals surface area contributed by atoms with Gasteiger partial charge >= 0.3 is 0 Å². The molecule has 134 valence electrons. The van der Waals surface area contributed by atoms with E-state index in [1.165, 1.54) is 16.7 Å². The van der Waals surface area contributed by atoms with Gasteiger partial charge in [-0.1, -0.05) is 18.2 Å². The maximum Gasteiger partial charge on any atom is 0.133 e. The number of pyridine rings is 1. The second-order valence-electron chi connectivity index (χ2n) is 6.23. The number of ether oxygens (including phenoxy) is 2. The Balaban J connectivity index is 0.00000182. The fourth-order valence-electron chi connectivity index (χ4n) is 3.32. The van der Waals surface area contributed by atoms with E-state index in [2.05, 4.69) is 39.5 Å². The molecule has 4 rings (SSSR count). The average molecular weight is 362 g/mol. The van der Waals surface area contributed by atoms with Crippen molar-refractivity contribution < 1.29 is 9.47 Å². The molecule has 2 aliphatic heterocycles. The zero-order valence-electron chi connectivity index (χ0n) is 14.2. The zero-order chi connectivity index (χ0) is 16.2. The van der Waals surface area contributed by atoms with E-state index in [-0.39, 0.29) is 12.4 Å². The number of nitrogens with zero attached hydrogens (tertiary/aromatic N) is 2. The lowest BCUT2D eigenvalue weighted by Crippen LogP contribution is -2.37. The highest BCUT2D eigenvalue weighted by Gasteiger charge is 2.16. The molecule has 0 amide bonds. The van der Waals surface area contributed by atoms with Crippen LogP contribution in [0.25, 0.3) is 0 Å². The van der Waals surface area contributed by atoms with E-state index in [0.29, 0.717) is 0 Å². The van der Waals surface area contributed by atoms with Crippen LogP contribution in [-0.4, -0.2) is 37.9 Å². The van der Waals surface area contributed by atoms with Crippen LogP contribution >= 0.6 is 12.4 Å². The summed E-state index contributed by atoms with van der Waals surface area (Å²) in [6.07, 6.45) is 2.89. The van der Waals surface area contributed by atoms with Gasteiger partial charge in [0.15, 0.2) is 0 Å². The summed E-state index contributed by atoms with van der Waals surface area (Å²) in [4.78, 5) is 6.90. The van der Waals surface area contributed by atoms with Gasteiger partial charge in [-0.05, 0) is 23.3 Å². The first-order valence-electron chi connectivity index (χ1n) is 8.62. The van der Waals surface area contributed by atoms with Crippen molar-refractivity contribution in [3.8, 4) is 5.75 Å². The van der Waals surface area contributed by atoms with Crippen LogP contribution in [0.3, 0.4) is 0 Å². The lowest BCUT2D eigenvalue weighted by Gasteiger charge is -2.29. The summed E-state index contributed by atoms with van der Waals surface area (Å²) < 4.78 is 11.0. The summed E-state index contributed by atoms with van der Waals surface area (Å²) in [5, 5.41) is 3.55. The minimum absolute atomic E-state index is 0. The Morgan fingerprint density at radius 3 is 2.84 bits per heavy atom. The molecule has 0 atom stereocenters. The first kappa shape index (κ1) is 18.0. The molecule has 0 saturated carbocycles. The molecular formula is C19H24ClN3O2. The molecule has 1 aromatic heterocycles. The molecule has 2 aromatic rings. The highest BCUT2D eigenvalue weighted by Crippen LogP contribution is 2.26. The first-order chi connectivity index (χ1) is 11.9. The third-order valence-corrected chi connectivity index (χ3v) is 4.58. The zero-order valence-corrected chi connectivity index (χ0v) is 15.1. The number of nitrogens with one attached hydrogen (secondary N) is 1. The van der Waals surface area contributed by atoms with Crippen molar-refractivity contribution in [3.05, 3.63) is 53.2 Å². The Morgan fingerprint density at radius 2 is 1.96 bits per heavy atom. The van der Waals surface area contributed by atoms with Gasteiger partial charge in [-0.15, -0.1) is 12.4 Å². The third-order valence-electron chi connectivity index (χ3n) is 4.58. The second kappa shape index (κ2) is 8.52. The summed E-state index contributed by atoms with van der Waals surface area (Å²) in [5.74, 6) is 2.12. The molecule has 0 radical (unpaired) electrons. The number of fused-ring (bicyclic) bond motifs is 1. The molecule has 0 spiro atoms. The minimum atomic E-state index is 0. The topological polar surface area (TPSA) is 46.6 Å². The number of morpholine rings is 1. The number of benzene rings is 1. The Morgan fingerprint density at radius 1 is 1.08 bits per heavy atom. The van der Waals surface area contributed by atoms with E-state index >= 15 is 0 Å². The lowest BCUT2D eigenvalue weighted by atomic mass is 10.1. The van der Waals surface area contributed by atoms with Crippen molar-refractivity contribution in [2.45, 2.75) is 19.5 Å². The van der Waals surface area contributed by atoms with Gasteiger partial charge in [-0.3, -0.25) is 0 Å². The molecule has 6 heteroatoms. The minimum Gasteiger partial charge on any atom is -0.493 e. The number of halogens is 1. The van der Waals surface area contributed by atoms with Gasteiger partial charge in [0.05, 0.1) is 19.8 Å². The molecule has 5 nitrogen and oxygen atoms in total. The average Bonchev–Trinajstić information content (AvgIpc) is 3.11. The van der Waals surface area contributed by atoms with Crippen LogP contribution in [0.2, 0.25) is 0 Å². The van der Waals surface area contributed by atoms with E-state index < -0.39 is 0 Å². The number of aromatic nitrogens is 1. The third kappa shape index (κ3) is 4.24. The highest BCUT2D eigenvalue weighted by molar-refractivity contribution is 5.85. The van der Waals surface area contributed by atoms with Crippen LogP contribution in [0.15, 0.2) is 36.5 Å². The molecule has 2 aliphatic rings. The second-order valence-corrected chi connectivity index (χ2v) is 6.23. The summed E-state index contributed by atoms with van der Waals surface area (Å²) in [7, 11) is 0. The van der Waals surface area contributed by atoms with Gasteiger partial charge in [0.25, 0.3) is 0 Å². The van der Waals surface area contributed by atoms with Crippen LogP contribution < -0.4 is 15.0 Å².